The molecule has 1 aromatic rings. The Bertz CT molecular complexity index is 459. The monoisotopic (exact) mass is 274 g/mol. The maximum Gasteiger partial charge on any atom is 0.409 e. The number of rotatable bonds is 5. The van der Waals surface area contributed by atoms with Gasteiger partial charge in [0.2, 0.25) is 5.91 Å². The first kappa shape index (κ1) is 14.9. The number of carbonyl (C=O) groups is 1. The zero-order chi connectivity index (χ0) is 14.3. The van der Waals surface area contributed by atoms with Crippen LogP contribution in [0.2, 0.25) is 0 Å². The minimum absolute atomic E-state index is 0.109. The van der Waals surface area contributed by atoms with Gasteiger partial charge in [0.15, 0.2) is 0 Å². The van der Waals surface area contributed by atoms with Gasteiger partial charge in [0.25, 0.3) is 0 Å². The second kappa shape index (κ2) is 6.72. The molecule has 0 bridgehead atoms. The van der Waals surface area contributed by atoms with Gasteiger partial charge in [-0.1, -0.05) is 0 Å². The summed E-state index contributed by atoms with van der Waals surface area (Å²) in [6, 6.07) is 0. The average Bonchev–Trinajstić information content (AvgIpc) is 2.31. The van der Waals surface area contributed by atoms with Gasteiger partial charge < -0.3 is 10.6 Å². The number of aryl methyl sites for hydroxylation is 1. The van der Waals surface area contributed by atoms with Gasteiger partial charge in [-0.15, -0.1) is 0 Å². The Morgan fingerprint density at radius 1 is 1.37 bits per heavy atom. The van der Waals surface area contributed by atoms with Gasteiger partial charge in [-0.05, 0) is 6.92 Å². The maximum absolute atomic E-state index is 11.8. The third-order valence-electron chi connectivity index (χ3n) is 1.91. The number of allylic oxidation sites excluding steroid dienone is 1. The van der Waals surface area contributed by atoms with Crippen molar-refractivity contribution in [3.8, 4) is 0 Å². The summed E-state index contributed by atoms with van der Waals surface area (Å²) in [5.74, 6) is -0.255. The molecule has 1 aromatic heterocycles. The Kier molecular flexibility index (Phi) is 5.28. The van der Waals surface area contributed by atoms with Crippen LogP contribution >= 0.6 is 0 Å². The number of hydrogen-bond donors (Lipinski definition) is 2. The fourth-order valence-electron chi connectivity index (χ4n) is 1.15. The molecule has 19 heavy (non-hydrogen) atoms. The third kappa shape index (κ3) is 7.02. The summed E-state index contributed by atoms with van der Waals surface area (Å²) in [4.78, 5) is 19.0. The first-order valence-electron chi connectivity index (χ1n) is 5.43. The third-order valence-corrected chi connectivity index (χ3v) is 1.91. The molecule has 0 spiro atoms. The van der Waals surface area contributed by atoms with E-state index in [-0.39, 0.29) is 12.6 Å². The van der Waals surface area contributed by atoms with Gasteiger partial charge >= 0.3 is 6.18 Å². The molecular formula is C11H13F3N4O. The second-order valence-corrected chi connectivity index (χ2v) is 3.64. The van der Waals surface area contributed by atoms with E-state index in [2.05, 4.69) is 20.6 Å². The lowest BCUT2D eigenvalue weighted by atomic mass is 10.4. The number of alkyl halides is 3. The number of nitrogens with zero attached hydrogens (tertiary/aromatic N) is 2. The Hall–Kier alpha value is -2.12. The molecule has 0 fully saturated rings. The molecule has 0 aliphatic carbocycles. The number of amides is 1. The average molecular weight is 274 g/mol. The number of hydrogen-bond acceptors (Lipinski definition) is 4. The highest BCUT2D eigenvalue weighted by Crippen LogP contribution is 2.15. The van der Waals surface area contributed by atoms with E-state index in [0.29, 0.717) is 18.4 Å². The van der Waals surface area contributed by atoms with Gasteiger partial charge in [-0.2, -0.15) is 13.2 Å². The van der Waals surface area contributed by atoms with Crippen molar-refractivity contribution < 1.29 is 18.0 Å². The standard InChI is InChI=1S/C11H13F3N4O/c1-8-6-15-7-9(18-8)16-4-5-17-10(19)2-3-11(12,13)14/h2-3,6-7H,4-5H2,1H3,(H,16,18)(H,17,19). The fraction of sp³-hybridized carbons (Fsp3) is 0.364. The van der Waals surface area contributed by atoms with Crippen molar-refractivity contribution in [3.05, 3.63) is 30.2 Å². The number of nitrogens with one attached hydrogen (secondary N) is 2. The van der Waals surface area contributed by atoms with Gasteiger partial charge in [-0.3, -0.25) is 9.78 Å². The lowest BCUT2D eigenvalue weighted by Gasteiger charge is -2.06. The van der Waals surface area contributed by atoms with E-state index in [0.717, 1.165) is 5.69 Å². The van der Waals surface area contributed by atoms with Crippen LogP contribution in [0.15, 0.2) is 24.5 Å². The van der Waals surface area contributed by atoms with E-state index >= 15 is 0 Å². The number of anilines is 1. The van der Waals surface area contributed by atoms with Crippen molar-refractivity contribution in [3.63, 3.8) is 0 Å². The summed E-state index contributed by atoms with van der Waals surface area (Å²) in [7, 11) is 0. The van der Waals surface area contributed by atoms with Crippen molar-refractivity contribution in [1.82, 2.24) is 15.3 Å². The largest absolute Gasteiger partial charge is 0.409 e. The number of aromatic nitrogens is 2. The van der Waals surface area contributed by atoms with Crippen LogP contribution in [-0.4, -0.2) is 35.1 Å². The Labute approximate surface area is 107 Å². The molecule has 0 radical (unpaired) electrons. The van der Waals surface area contributed by atoms with Crippen molar-refractivity contribution in [1.29, 1.82) is 0 Å². The molecule has 0 aromatic carbocycles. The highest BCUT2D eigenvalue weighted by molar-refractivity contribution is 5.87. The first-order chi connectivity index (χ1) is 8.87. The van der Waals surface area contributed by atoms with Crippen molar-refractivity contribution >= 4 is 11.7 Å². The molecule has 0 saturated carbocycles. The zero-order valence-electron chi connectivity index (χ0n) is 10.2. The quantitative estimate of drug-likeness (QED) is 0.629. The molecule has 2 N–H and O–H groups in total. The summed E-state index contributed by atoms with van der Waals surface area (Å²) >= 11 is 0. The maximum atomic E-state index is 11.8. The SMILES string of the molecule is Cc1cncc(NCCNC(=O)C=CC(F)(F)F)n1. The van der Waals surface area contributed by atoms with Crippen molar-refractivity contribution in [2.45, 2.75) is 13.1 Å². The predicted molar refractivity (Wildman–Crippen MR) is 63.5 cm³/mol. The Morgan fingerprint density at radius 3 is 2.74 bits per heavy atom. The predicted octanol–water partition coefficient (Wildman–Crippen LogP) is 1.43. The summed E-state index contributed by atoms with van der Waals surface area (Å²) < 4.78 is 35.3. The number of carbonyl (C=O) groups excluding carboxylic acids is 1. The van der Waals surface area contributed by atoms with E-state index in [1.165, 1.54) is 6.20 Å². The summed E-state index contributed by atoms with van der Waals surface area (Å²) in [6.07, 6.45) is -1.03. The van der Waals surface area contributed by atoms with Gasteiger partial charge in [0.05, 0.1) is 11.9 Å². The summed E-state index contributed by atoms with van der Waals surface area (Å²) in [5.41, 5.74) is 0.738. The highest BCUT2D eigenvalue weighted by Gasteiger charge is 2.22. The van der Waals surface area contributed by atoms with Crippen LogP contribution in [0.4, 0.5) is 19.0 Å². The van der Waals surface area contributed by atoms with Crippen LogP contribution in [0.5, 0.6) is 0 Å². The van der Waals surface area contributed by atoms with Gasteiger partial charge in [0.1, 0.15) is 5.82 Å². The minimum Gasteiger partial charge on any atom is -0.367 e. The molecular weight excluding hydrogens is 261 g/mol. The molecule has 1 rings (SSSR count). The van der Waals surface area contributed by atoms with Crippen LogP contribution in [-0.2, 0) is 4.79 Å². The molecule has 104 valence electrons. The molecule has 0 atom stereocenters. The van der Waals surface area contributed by atoms with Crippen LogP contribution in [0.25, 0.3) is 0 Å². The highest BCUT2D eigenvalue weighted by atomic mass is 19.4. The van der Waals surface area contributed by atoms with Crippen LogP contribution in [0, 0.1) is 6.92 Å². The van der Waals surface area contributed by atoms with E-state index < -0.39 is 12.1 Å². The van der Waals surface area contributed by atoms with Gasteiger partial charge in [-0.25, -0.2) is 4.98 Å². The van der Waals surface area contributed by atoms with E-state index in [4.69, 9.17) is 0 Å². The van der Waals surface area contributed by atoms with E-state index in [9.17, 15) is 18.0 Å². The molecule has 0 aliphatic heterocycles. The Balaban J connectivity index is 2.24. The smallest absolute Gasteiger partial charge is 0.367 e. The summed E-state index contributed by atoms with van der Waals surface area (Å²) in [5, 5.41) is 5.18. The molecule has 1 heterocycles. The summed E-state index contributed by atoms with van der Waals surface area (Å²) in [6.45, 7) is 2.29. The lowest BCUT2D eigenvalue weighted by Crippen LogP contribution is -2.27. The zero-order valence-corrected chi connectivity index (χ0v) is 10.2. The minimum atomic E-state index is -4.48. The lowest BCUT2D eigenvalue weighted by molar-refractivity contribution is -0.117. The fourth-order valence-corrected chi connectivity index (χ4v) is 1.15. The van der Waals surface area contributed by atoms with Crippen molar-refractivity contribution in [2.24, 2.45) is 0 Å². The van der Waals surface area contributed by atoms with Crippen LogP contribution in [0.1, 0.15) is 5.69 Å². The molecule has 0 saturated heterocycles. The first-order valence-corrected chi connectivity index (χ1v) is 5.43. The topological polar surface area (TPSA) is 66.9 Å². The van der Waals surface area contributed by atoms with E-state index in [1.54, 1.807) is 13.1 Å². The van der Waals surface area contributed by atoms with Gasteiger partial charge in [0, 0.05) is 31.4 Å². The molecule has 1 amide bonds. The Morgan fingerprint density at radius 2 is 2.11 bits per heavy atom. The molecule has 0 aliphatic rings. The van der Waals surface area contributed by atoms with Crippen LogP contribution in [0.3, 0.4) is 0 Å². The molecule has 5 nitrogen and oxygen atoms in total. The number of halogens is 3. The second-order valence-electron chi connectivity index (χ2n) is 3.64. The molecule has 0 unspecified atom stereocenters. The molecule has 8 heteroatoms. The van der Waals surface area contributed by atoms with E-state index in [1.807, 2.05) is 0 Å². The normalized spacial score (nSPS) is 11.6. The van der Waals surface area contributed by atoms with Crippen LogP contribution < -0.4 is 10.6 Å². The van der Waals surface area contributed by atoms with Crippen molar-refractivity contribution in [2.75, 3.05) is 18.4 Å².